The second-order valence-corrected chi connectivity index (χ2v) is 4.59. The molecule has 1 atom stereocenters. The maximum absolute atomic E-state index is 13.3. The van der Waals surface area contributed by atoms with Crippen LogP contribution in [0.5, 0.6) is 5.75 Å². The van der Waals surface area contributed by atoms with E-state index in [2.05, 4.69) is 6.92 Å². The summed E-state index contributed by atoms with van der Waals surface area (Å²) in [5.74, 6) is 0.443. The largest absolute Gasteiger partial charge is 0.491 e. The summed E-state index contributed by atoms with van der Waals surface area (Å²) in [5.41, 5.74) is 6.74. The van der Waals surface area contributed by atoms with Gasteiger partial charge in [-0.1, -0.05) is 13.8 Å². The third-order valence-corrected chi connectivity index (χ3v) is 2.86. The van der Waals surface area contributed by atoms with Gasteiger partial charge < -0.3 is 15.2 Å². The fourth-order valence-corrected chi connectivity index (χ4v) is 1.73. The molecule has 1 aromatic rings. The van der Waals surface area contributed by atoms with Gasteiger partial charge in [0.05, 0.1) is 6.61 Å². The second-order valence-electron chi connectivity index (χ2n) is 4.59. The van der Waals surface area contributed by atoms with Gasteiger partial charge in [0.2, 0.25) is 0 Å². The van der Waals surface area contributed by atoms with Gasteiger partial charge in [-0.2, -0.15) is 0 Å². The SMILES string of the molecule is CCCOCCOc1ccc(F)cc1CC(N)CC. The van der Waals surface area contributed by atoms with Crippen molar-refractivity contribution in [3.63, 3.8) is 0 Å². The van der Waals surface area contributed by atoms with E-state index >= 15 is 0 Å². The number of hydrogen-bond acceptors (Lipinski definition) is 3. The Labute approximate surface area is 114 Å². The molecule has 3 nitrogen and oxygen atoms in total. The van der Waals surface area contributed by atoms with E-state index in [1.54, 1.807) is 6.07 Å². The Balaban J connectivity index is 2.55. The molecule has 19 heavy (non-hydrogen) atoms. The van der Waals surface area contributed by atoms with Crippen LogP contribution in [-0.4, -0.2) is 25.9 Å². The zero-order valence-corrected chi connectivity index (χ0v) is 11.8. The van der Waals surface area contributed by atoms with E-state index in [1.807, 2.05) is 6.92 Å². The first-order chi connectivity index (χ1) is 9.17. The Morgan fingerprint density at radius 2 is 2.00 bits per heavy atom. The zero-order valence-electron chi connectivity index (χ0n) is 11.8. The van der Waals surface area contributed by atoms with Crippen molar-refractivity contribution in [2.24, 2.45) is 5.73 Å². The molecule has 0 fully saturated rings. The molecule has 0 amide bonds. The number of halogens is 1. The lowest BCUT2D eigenvalue weighted by Gasteiger charge is -2.14. The van der Waals surface area contributed by atoms with E-state index in [-0.39, 0.29) is 11.9 Å². The van der Waals surface area contributed by atoms with Gasteiger partial charge in [0, 0.05) is 12.6 Å². The summed E-state index contributed by atoms with van der Waals surface area (Å²) in [6, 6.07) is 4.59. The van der Waals surface area contributed by atoms with Crippen LogP contribution in [0.25, 0.3) is 0 Å². The van der Waals surface area contributed by atoms with Crippen LogP contribution in [0.4, 0.5) is 4.39 Å². The van der Waals surface area contributed by atoms with Crippen molar-refractivity contribution < 1.29 is 13.9 Å². The van der Waals surface area contributed by atoms with Crippen LogP contribution in [-0.2, 0) is 11.2 Å². The quantitative estimate of drug-likeness (QED) is 0.701. The Morgan fingerprint density at radius 3 is 2.68 bits per heavy atom. The molecule has 4 heteroatoms. The molecule has 1 unspecified atom stereocenters. The predicted molar refractivity (Wildman–Crippen MR) is 75.0 cm³/mol. The van der Waals surface area contributed by atoms with Crippen molar-refractivity contribution in [3.05, 3.63) is 29.6 Å². The number of hydrogen-bond donors (Lipinski definition) is 1. The van der Waals surface area contributed by atoms with Gasteiger partial charge >= 0.3 is 0 Å². The standard InChI is InChI=1S/C15H24FNO2/c1-3-7-18-8-9-19-15-6-5-13(16)10-12(15)11-14(17)4-2/h5-6,10,14H,3-4,7-9,11,17H2,1-2H3. The highest BCUT2D eigenvalue weighted by molar-refractivity contribution is 5.34. The predicted octanol–water partition coefficient (Wildman–Crippen LogP) is 2.91. The summed E-state index contributed by atoms with van der Waals surface area (Å²) in [4.78, 5) is 0. The van der Waals surface area contributed by atoms with E-state index in [0.29, 0.717) is 25.4 Å². The van der Waals surface area contributed by atoms with Crippen LogP contribution >= 0.6 is 0 Å². The Kier molecular flexibility index (Phi) is 7.45. The van der Waals surface area contributed by atoms with E-state index in [0.717, 1.165) is 25.0 Å². The smallest absolute Gasteiger partial charge is 0.123 e. The van der Waals surface area contributed by atoms with Gasteiger partial charge in [-0.05, 0) is 43.0 Å². The first kappa shape index (κ1) is 15.9. The summed E-state index contributed by atoms with van der Waals surface area (Å²) in [6.45, 7) is 5.83. The van der Waals surface area contributed by atoms with E-state index in [1.165, 1.54) is 12.1 Å². The molecular formula is C15H24FNO2. The van der Waals surface area contributed by atoms with Crippen LogP contribution < -0.4 is 10.5 Å². The van der Waals surface area contributed by atoms with Crippen LogP contribution in [0.15, 0.2) is 18.2 Å². The van der Waals surface area contributed by atoms with Crippen LogP contribution in [0.3, 0.4) is 0 Å². The molecule has 1 aromatic carbocycles. The van der Waals surface area contributed by atoms with Gasteiger partial charge in [0.25, 0.3) is 0 Å². The minimum absolute atomic E-state index is 0.0282. The number of rotatable bonds is 9. The molecule has 0 radical (unpaired) electrons. The van der Waals surface area contributed by atoms with Gasteiger partial charge in [-0.3, -0.25) is 0 Å². The van der Waals surface area contributed by atoms with Crippen LogP contribution in [0, 0.1) is 5.82 Å². The molecule has 0 heterocycles. The number of nitrogens with two attached hydrogens (primary N) is 1. The lowest BCUT2D eigenvalue weighted by molar-refractivity contribution is 0.100. The average Bonchev–Trinajstić information content (AvgIpc) is 2.40. The Bertz CT molecular complexity index is 371. The van der Waals surface area contributed by atoms with Crippen molar-refractivity contribution in [3.8, 4) is 5.75 Å². The molecule has 2 N–H and O–H groups in total. The summed E-state index contributed by atoms with van der Waals surface area (Å²) in [6.07, 6.45) is 2.47. The lowest BCUT2D eigenvalue weighted by atomic mass is 10.0. The number of benzene rings is 1. The van der Waals surface area contributed by atoms with Gasteiger partial charge in [-0.25, -0.2) is 4.39 Å². The van der Waals surface area contributed by atoms with Crippen LogP contribution in [0.2, 0.25) is 0 Å². The second kappa shape index (κ2) is 8.88. The summed E-state index contributed by atoms with van der Waals surface area (Å²) >= 11 is 0. The summed E-state index contributed by atoms with van der Waals surface area (Å²) in [7, 11) is 0. The Morgan fingerprint density at radius 1 is 1.21 bits per heavy atom. The van der Waals surface area contributed by atoms with Gasteiger partial charge in [0.15, 0.2) is 0 Å². The van der Waals surface area contributed by atoms with Crippen molar-refractivity contribution in [2.45, 2.75) is 39.2 Å². The first-order valence-electron chi connectivity index (χ1n) is 6.91. The third-order valence-electron chi connectivity index (χ3n) is 2.86. The van der Waals surface area contributed by atoms with Crippen LogP contribution in [0.1, 0.15) is 32.3 Å². The van der Waals surface area contributed by atoms with Crippen molar-refractivity contribution in [2.75, 3.05) is 19.8 Å². The highest BCUT2D eigenvalue weighted by atomic mass is 19.1. The van der Waals surface area contributed by atoms with Crippen molar-refractivity contribution >= 4 is 0 Å². The third kappa shape index (κ3) is 6.03. The van der Waals surface area contributed by atoms with E-state index < -0.39 is 0 Å². The highest BCUT2D eigenvalue weighted by Crippen LogP contribution is 2.21. The maximum atomic E-state index is 13.3. The van der Waals surface area contributed by atoms with E-state index in [9.17, 15) is 4.39 Å². The molecule has 0 saturated heterocycles. The minimum atomic E-state index is -0.257. The fraction of sp³-hybridized carbons (Fsp3) is 0.600. The topological polar surface area (TPSA) is 44.5 Å². The maximum Gasteiger partial charge on any atom is 0.123 e. The minimum Gasteiger partial charge on any atom is -0.491 e. The highest BCUT2D eigenvalue weighted by Gasteiger charge is 2.09. The number of ether oxygens (including phenoxy) is 2. The molecule has 0 aliphatic carbocycles. The van der Waals surface area contributed by atoms with Gasteiger partial charge in [-0.15, -0.1) is 0 Å². The Hall–Kier alpha value is -1.13. The van der Waals surface area contributed by atoms with E-state index in [4.69, 9.17) is 15.2 Å². The average molecular weight is 269 g/mol. The van der Waals surface area contributed by atoms with Crippen molar-refractivity contribution in [1.29, 1.82) is 0 Å². The molecule has 1 rings (SSSR count). The summed E-state index contributed by atoms with van der Waals surface area (Å²) < 4.78 is 24.3. The molecule has 0 bridgehead atoms. The fourth-order valence-electron chi connectivity index (χ4n) is 1.73. The molecule has 0 saturated carbocycles. The monoisotopic (exact) mass is 269 g/mol. The summed E-state index contributed by atoms with van der Waals surface area (Å²) in [5, 5.41) is 0. The van der Waals surface area contributed by atoms with Crippen molar-refractivity contribution in [1.82, 2.24) is 0 Å². The molecule has 0 spiro atoms. The first-order valence-corrected chi connectivity index (χ1v) is 6.91. The lowest BCUT2D eigenvalue weighted by Crippen LogP contribution is -2.22. The molecule has 0 aromatic heterocycles. The molecule has 0 aliphatic rings. The zero-order chi connectivity index (χ0) is 14.1. The van der Waals surface area contributed by atoms with Gasteiger partial charge in [0.1, 0.15) is 18.2 Å². The normalized spacial score (nSPS) is 12.4. The molecule has 0 aliphatic heterocycles. The molecular weight excluding hydrogens is 245 g/mol. The molecule has 108 valence electrons.